The maximum atomic E-state index is 12.4. The number of hydrogen-bond donors (Lipinski definition) is 4. The molecule has 2 aliphatic carbocycles. The molecular weight excluding hydrogens is 470 g/mol. The predicted molar refractivity (Wildman–Crippen MR) is 144 cm³/mol. The quantitative estimate of drug-likeness (QED) is 0.203. The summed E-state index contributed by atoms with van der Waals surface area (Å²) in [6.45, 7) is 1.78. The molecule has 4 N–H and O–H groups in total. The normalized spacial score (nSPS) is 19.5. The van der Waals surface area contributed by atoms with Crippen molar-refractivity contribution < 1.29 is 9.36 Å². The maximum Gasteiger partial charge on any atom is 0.251 e. The van der Waals surface area contributed by atoms with Gasteiger partial charge in [0.15, 0.2) is 10.8 Å². The summed E-state index contributed by atoms with van der Waals surface area (Å²) in [6.07, 6.45) is 16.6. The molecule has 2 heterocycles. The number of aryl methyl sites for hydroxylation is 1. The van der Waals surface area contributed by atoms with E-state index in [-0.39, 0.29) is 18.0 Å². The van der Waals surface area contributed by atoms with Gasteiger partial charge in [-0.3, -0.25) is 10.2 Å². The molecule has 36 heavy (non-hydrogen) atoms. The fourth-order valence-electron chi connectivity index (χ4n) is 4.96. The molecule has 9 heteroatoms. The molecule has 2 aromatic rings. The van der Waals surface area contributed by atoms with E-state index in [1.165, 1.54) is 24.1 Å². The smallest absolute Gasteiger partial charge is 0.251 e. The molecule has 8 nitrogen and oxygen atoms in total. The van der Waals surface area contributed by atoms with Crippen molar-refractivity contribution >= 4 is 39.8 Å². The van der Waals surface area contributed by atoms with E-state index in [9.17, 15) is 4.79 Å². The summed E-state index contributed by atoms with van der Waals surface area (Å²) in [5.74, 6) is 2.72. The van der Waals surface area contributed by atoms with Gasteiger partial charge in [0.2, 0.25) is 12.1 Å². The summed E-state index contributed by atoms with van der Waals surface area (Å²) in [5, 5.41) is 19.0. The molecule has 5 rings (SSSR count). The van der Waals surface area contributed by atoms with Crippen LogP contribution >= 0.6 is 12.2 Å². The zero-order valence-corrected chi connectivity index (χ0v) is 20.9. The predicted octanol–water partition coefficient (Wildman–Crippen LogP) is 2.64. The van der Waals surface area contributed by atoms with Crippen molar-refractivity contribution in [1.29, 1.82) is 0 Å². The highest BCUT2D eigenvalue weighted by molar-refractivity contribution is 7.80. The summed E-state index contributed by atoms with van der Waals surface area (Å²) < 4.78 is 2.28. The van der Waals surface area contributed by atoms with E-state index >= 15 is 0 Å². The fourth-order valence-corrected chi connectivity index (χ4v) is 5.18. The van der Waals surface area contributed by atoms with Crippen molar-refractivity contribution in [3.05, 3.63) is 59.3 Å². The van der Waals surface area contributed by atoms with Gasteiger partial charge in [-0.15, -0.1) is 6.42 Å². The number of nitrogens with one attached hydrogen (secondary N) is 4. The molecule has 1 aromatic heterocycles. The second kappa shape index (κ2) is 10.9. The summed E-state index contributed by atoms with van der Waals surface area (Å²) >= 11 is 5.49. The fraction of sp³-hybridized carbons (Fsp3) is 0.370. The second-order valence-corrected chi connectivity index (χ2v) is 9.63. The number of carbonyl (C=O) groups excluding carboxylic acids is 1. The Morgan fingerprint density at radius 3 is 2.97 bits per heavy atom. The van der Waals surface area contributed by atoms with Crippen LogP contribution in [-0.4, -0.2) is 36.2 Å². The van der Waals surface area contributed by atoms with Gasteiger partial charge in [0.1, 0.15) is 6.04 Å². The number of benzene rings is 1. The van der Waals surface area contributed by atoms with Crippen LogP contribution in [0.15, 0.2) is 58.4 Å². The molecule has 184 valence electrons. The van der Waals surface area contributed by atoms with Crippen molar-refractivity contribution in [3.8, 4) is 12.3 Å². The summed E-state index contributed by atoms with van der Waals surface area (Å²) in [6, 6.07) is 8.52. The van der Waals surface area contributed by atoms with Crippen molar-refractivity contribution in [3.63, 3.8) is 0 Å². The van der Waals surface area contributed by atoms with Gasteiger partial charge in [-0.1, -0.05) is 17.4 Å². The number of nitrogens with zero attached hydrogens (tertiary/aromatic N) is 3. The molecule has 0 bridgehead atoms. The topological polar surface area (TPSA) is 93.8 Å². The number of amides is 1. The third-order valence-electron chi connectivity index (χ3n) is 6.75. The molecule has 0 saturated carbocycles. The van der Waals surface area contributed by atoms with E-state index in [2.05, 4.69) is 60.4 Å². The Labute approximate surface area is 216 Å². The largest absolute Gasteiger partial charge is 0.362 e. The summed E-state index contributed by atoms with van der Waals surface area (Å²) in [7, 11) is 0. The minimum atomic E-state index is -0.0977. The van der Waals surface area contributed by atoms with E-state index in [4.69, 9.17) is 18.6 Å². The Bertz CT molecular complexity index is 1320. The van der Waals surface area contributed by atoms with Crippen LogP contribution < -0.4 is 25.9 Å². The lowest BCUT2D eigenvalue weighted by Crippen LogP contribution is -2.41. The number of aromatic nitrogens is 1. The van der Waals surface area contributed by atoms with E-state index in [1.807, 2.05) is 18.2 Å². The van der Waals surface area contributed by atoms with Crippen LogP contribution in [0.1, 0.15) is 30.5 Å². The molecule has 0 saturated heterocycles. The number of carbonyl (C=O) groups is 1. The molecule has 2 unspecified atom stereocenters. The molecule has 3 aliphatic rings. The molecule has 1 amide bonds. The Hall–Kier alpha value is -3.77. The van der Waals surface area contributed by atoms with Crippen LogP contribution in [0.2, 0.25) is 0 Å². The third kappa shape index (κ3) is 5.24. The van der Waals surface area contributed by atoms with E-state index < -0.39 is 0 Å². The lowest BCUT2D eigenvalue weighted by molar-refractivity contribution is -0.667. The number of anilines is 1. The lowest BCUT2D eigenvalue weighted by Gasteiger charge is -2.16. The highest BCUT2D eigenvalue weighted by Gasteiger charge is 2.26. The minimum absolute atomic E-state index is 0.0176. The highest BCUT2D eigenvalue weighted by atomic mass is 32.1. The van der Waals surface area contributed by atoms with Crippen molar-refractivity contribution in [1.82, 2.24) is 16.1 Å². The average Bonchev–Trinajstić information content (AvgIpc) is 3.36. The molecule has 0 radical (unpaired) electrons. The minimum Gasteiger partial charge on any atom is -0.362 e. The van der Waals surface area contributed by atoms with Gasteiger partial charge in [0.05, 0.1) is 6.04 Å². The van der Waals surface area contributed by atoms with Crippen LogP contribution in [0, 0.1) is 12.3 Å². The van der Waals surface area contributed by atoms with Gasteiger partial charge in [0.25, 0.3) is 5.91 Å². The first kappa shape index (κ1) is 23.9. The third-order valence-corrected chi connectivity index (χ3v) is 6.99. The van der Waals surface area contributed by atoms with Crippen LogP contribution in [0.5, 0.6) is 0 Å². The number of rotatable bonds is 7. The standard InChI is InChI=1S/C27H29N7OS/c1-2-14-34-24-7-4-3-6-18(24)15-20-16-21(9-11-25(20)34)30-27(36)29-13-5-12-28-26(35)19-8-10-22-23(17-19)32-33-31-22/h1,8-11,15-17,22-23H,3-7,12-14H2,(H3-,28,29,30,31,32,35,36)/p+1. The van der Waals surface area contributed by atoms with Gasteiger partial charge < -0.3 is 16.0 Å². The lowest BCUT2D eigenvalue weighted by atomic mass is 9.94. The van der Waals surface area contributed by atoms with Gasteiger partial charge in [0, 0.05) is 47.8 Å². The average molecular weight is 501 g/mol. The van der Waals surface area contributed by atoms with Crippen LogP contribution in [0.4, 0.5) is 5.69 Å². The zero-order chi connectivity index (χ0) is 24.9. The van der Waals surface area contributed by atoms with Gasteiger partial charge >= 0.3 is 0 Å². The molecule has 2 atom stereocenters. The Balaban J connectivity index is 1.11. The Kier molecular flexibility index (Phi) is 7.23. The van der Waals surface area contributed by atoms with Gasteiger partial charge in [-0.05, 0) is 68.1 Å². The molecule has 0 fully saturated rings. The summed E-state index contributed by atoms with van der Waals surface area (Å²) in [5.41, 5.74) is 8.38. The molecular formula is C27H30N7OS+. The van der Waals surface area contributed by atoms with Gasteiger partial charge in [-0.2, -0.15) is 9.68 Å². The number of hydrogen-bond acceptors (Lipinski definition) is 5. The monoisotopic (exact) mass is 500 g/mol. The first-order valence-corrected chi connectivity index (χ1v) is 12.8. The first-order valence-electron chi connectivity index (χ1n) is 12.4. The highest BCUT2D eigenvalue weighted by Crippen LogP contribution is 2.25. The summed E-state index contributed by atoms with van der Waals surface area (Å²) in [4.78, 5) is 12.4. The maximum absolute atomic E-state index is 12.4. The SMILES string of the molecule is C#CC[n+]1c2c(cc3cc(NC(=S)NCCCNC(=O)C4=CC5NN=NC5C=C4)ccc31)CCCC2. The van der Waals surface area contributed by atoms with E-state index in [0.717, 1.165) is 35.9 Å². The van der Waals surface area contributed by atoms with Crippen LogP contribution in [-0.2, 0) is 24.2 Å². The number of fused-ring (bicyclic) bond motifs is 3. The molecule has 0 spiro atoms. The number of pyridine rings is 1. The number of terminal acetylenes is 1. The van der Waals surface area contributed by atoms with Gasteiger partial charge in [-0.25, -0.2) is 0 Å². The van der Waals surface area contributed by atoms with Crippen molar-refractivity contribution in [2.24, 2.45) is 10.3 Å². The van der Waals surface area contributed by atoms with E-state index in [0.29, 0.717) is 30.3 Å². The second-order valence-electron chi connectivity index (χ2n) is 9.22. The van der Waals surface area contributed by atoms with Crippen LogP contribution in [0.25, 0.3) is 10.9 Å². The van der Waals surface area contributed by atoms with E-state index in [1.54, 1.807) is 6.08 Å². The molecule has 1 aromatic carbocycles. The van der Waals surface area contributed by atoms with Crippen LogP contribution in [0.3, 0.4) is 0 Å². The van der Waals surface area contributed by atoms with Crippen molar-refractivity contribution in [2.75, 3.05) is 18.4 Å². The Morgan fingerprint density at radius 2 is 2.08 bits per heavy atom. The Morgan fingerprint density at radius 1 is 1.22 bits per heavy atom. The van der Waals surface area contributed by atoms with Crippen molar-refractivity contribution in [2.45, 2.75) is 50.7 Å². The first-order chi connectivity index (χ1) is 17.6. The zero-order valence-electron chi connectivity index (χ0n) is 20.1. The number of thiocarbonyl (C=S) groups is 1. The molecule has 1 aliphatic heterocycles.